The van der Waals surface area contributed by atoms with Gasteiger partial charge in [-0.1, -0.05) is 270 Å². The standard InChI is InChI=1S/C67H117N2O6P/c1-6-8-10-12-14-16-18-20-22-24-26-27-28-29-30-31-32-33-34-35-36-37-38-39-40-41-43-45-47-49-51-53-55-57-59-61-67(71)68-65(64-75-76(72,73)74-63-62-69(3,4)5)66(70)60-58-56-54-52-50-48-46-44-42-25-23-21-19-17-15-13-11-9-7-2/h8,10,14,16,20,22,26-27,29-30,32-33,35-36,38-39,41,43,47,49,65-66,70H,6-7,9,11-13,15,17-19,21,23-25,28,31,34,37,40,42,44-46,48,50-64H2,1-5H3,(H-,68,71,72,73)/b10-8-,16-14-,22-20-,27-26-,30-29-,33-32-,36-35-,39-38-,43-41-,49-47-. The van der Waals surface area contributed by atoms with Crippen molar-refractivity contribution in [2.24, 2.45) is 0 Å². The van der Waals surface area contributed by atoms with Gasteiger partial charge >= 0.3 is 0 Å². The third kappa shape index (κ3) is 58.6. The zero-order valence-electron chi connectivity index (χ0n) is 49.7. The summed E-state index contributed by atoms with van der Waals surface area (Å²) >= 11 is 0. The van der Waals surface area contributed by atoms with Gasteiger partial charge in [0.1, 0.15) is 13.2 Å². The van der Waals surface area contributed by atoms with Gasteiger partial charge in [-0.25, -0.2) is 0 Å². The van der Waals surface area contributed by atoms with Crippen LogP contribution in [-0.2, 0) is 18.4 Å². The van der Waals surface area contributed by atoms with Crippen molar-refractivity contribution in [3.8, 4) is 0 Å². The van der Waals surface area contributed by atoms with Crippen molar-refractivity contribution in [3.05, 3.63) is 122 Å². The van der Waals surface area contributed by atoms with E-state index >= 15 is 0 Å². The van der Waals surface area contributed by atoms with Crippen molar-refractivity contribution in [2.75, 3.05) is 40.9 Å². The van der Waals surface area contributed by atoms with Crippen LogP contribution in [-0.4, -0.2) is 68.5 Å². The van der Waals surface area contributed by atoms with E-state index in [-0.39, 0.29) is 19.1 Å². The van der Waals surface area contributed by atoms with Crippen LogP contribution in [0.4, 0.5) is 0 Å². The number of amides is 1. The summed E-state index contributed by atoms with van der Waals surface area (Å²) in [4.78, 5) is 25.6. The van der Waals surface area contributed by atoms with Crippen LogP contribution >= 0.6 is 7.82 Å². The normalized spacial score (nSPS) is 14.7. The van der Waals surface area contributed by atoms with Gasteiger partial charge in [-0.05, 0) is 89.9 Å². The molecule has 0 aromatic carbocycles. The molecule has 0 rings (SSSR count). The first kappa shape index (κ1) is 72.9. The van der Waals surface area contributed by atoms with E-state index in [0.29, 0.717) is 23.9 Å². The number of nitrogens with zero attached hydrogens (tertiary/aromatic N) is 1. The number of hydrogen-bond acceptors (Lipinski definition) is 6. The number of aliphatic hydroxyl groups excluding tert-OH is 1. The molecule has 9 heteroatoms. The van der Waals surface area contributed by atoms with Gasteiger partial charge in [0.2, 0.25) is 5.91 Å². The highest BCUT2D eigenvalue weighted by Crippen LogP contribution is 2.38. The number of aliphatic hydroxyl groups is 1. The molecule has 436 valence electrons. The van der Waals surface area contributed by atoms with E-state index in [1.807, 2.05) is 21.1 Å². The summed E-state index contributed by atoms with van der Waals surface area (Å²) in [5.41, 5.74) is 0. The maximum absolute atomic E-state index is 13.0. The average Bonchev–Trinajstić information content (AvgIpc) is 3.38. The molecule has 0 aliphatic heterocycles. The van der Waals surface area contributed by atoms with E-state index in [1.165, 1.54) is 103 Å². The number of unbranched alkanes of at least 4 members (excludes halogenated alkanes) is 22. The molecule has 0 spiro atoms. The molecule has 1 amide bonds. The second-order valence-corrected chi connectivity index (χ2v) is 23.1. The Bertz CT molecular complexity index is 1650. The molecule has 0 saturated carbocycles. The minimum Gasteiger partial charge on any atom is -0.756 e. The van der Waals surface area contributed by atoms with Crippen LogP contribution in [0, 0.1) is 0 Å². The first-order valence-electron chi connectivity index (χ1n) is 30.9. The largest absolute Gasteiger partial charge is 0.756 e. The molecule has 0 aromatic rings. The minimum atomic E-state index is -4.59. The lowest BCUT2D eigenvalue weighted by Gasteiger charge is -2.30. The lowest BCUT2D eigenvalue weighted by Crippen LogP contribution is -2.46. The van der Waals surface area contributed by atoms with E-state index in [2.05, 4.69) is 141 Å². The van der Waals surface area contributed by atoms with Crippen LogP contribution in [0.3, 0.4) is 0 Å². The second-order valence-electron chi connectivity index (χ2n) is 21.7. The SMILES string of the molecule is CC/C=C\C/C=C\C/C=C\C/C=C\C/C=C\C/C=C\C/C=C\C/C=C\C/C=C\C/C=C\CCCCCCC(=O)NC(COP(=O)([O-])OCC[N+](C)(C)C)C(O)CCCCCCCCCCCCCCCCCCCCC. The molecule has 0 saturated heterocycles. The molecule has 76 heavy (non-hydrogen) atoms. The molecule has 0 fully saturated rings. The number of phosphoric acid groups is 1. The Morgan fingerprint density at radius 2 is 0.803 bits per heavy atom. The maximum atomic E-state index is 13.0. The van der Waals surface area contributed by atoms with E-state index < -0.39 is 20.0 Å². The molecule has 0 aromatic heterocycles. The molecule has 0 heterocycles. The lowest BCUT2D eigenvalue weighted by molar-refractivity contribution is -0.870. The average molecular weight is 1080 g/mol. The maximum Gasteiger partial charge on any atom is 0.268 e. The van der Waals surface area contributed by atoms with Crippen molar-refractivity contribution in [2.45, 2.75) is 257 Å². The van der Waals surface area contributed by atoms with Gasteiger partial charge < -0.3 is 28.8 Å². The fourth-order valence-corrected chi connectivity index (χ4v) is 9.14. The van der Waals surface area contributed by atoms with Crippen molar-refractivity contribution >= 4 is 13.7 Å². The number of quaternary nitrogens is 1. The van der Waals surface area contributed by atoms with Gasteiger partial charge in [0.15, 0.2) is 0 Å². The number of likely N-dealkylation sites (N-methyl/N-ethyl adjacent to an activating group) is 1. The molecular weight excluding hydrogens is 960 g/mol. The zero-order chi connectivity index (χ0) is 55.6. The molecule has 0 radical (unpaired) electrons. The van der Waals surface area contributed by atoms with Crippen LogP contribution in [0.25, 0.3) is 0 Å². The van der Waals surface area contributed by atoms with Gasteiger partial charge in [-0.3, -0.25) is 9.36 Å². The summed E-state index contributed by atoms with van der Waals surface area (Å²) in [6, 6.07) is -0.824. The number of allylic oxidation sites excluding steroid dienone is 20. The quantitative estimate of drug-likeness (QED) is 0.0272. The highest BCUT2D eigenvalue weighted by Gasteiger charge is 2.24. The fraction of sp³-hybridized carbons (Fsp3) is 0.687. The Hall–Kier alpha value is -3.10. The molecule has 0 aliphatic carbocycles. The number of hydrogen-bond donors (Lipinski definition) is 2. The molecule has 8 nitrogen and oxygen atoms in total. The Morgan fingerprint density at radius 1 is 0.474 bits per heavy atom. The van der Waals surface area contributed by atoms with Crippen molar-refractivity contribution < 1.29 is 32.9 Å². The van der Waals surface area contributed by atoms with Crippen LogP contribution < -0.4 is 10.2 Å². The molecule has 3 atom stereocenters. The summed E-state index contributed by atoms with van der Waals surface area (Å²) in [5.74, 6) is -0.192. The van der Waals surface area contributed by atoms with E-state index in [0.717, 1.165) is 116 Å². The Balaban J connectivity index is 4.23. The lowest BCUT2D eigenvalue weighted by atomic mass is 10.0. The van der Waals surface area contributed by atoms with Crippen molar-refractivity contribution in [3.63, 3.8) is 0 Å². The predicted molar refractivity (Wildman–Crippen MR) is 329 cm³/mol. The van der Waals surface area contributed by atoms with E-state index in [4.69, 9.17) is 9.05 Å². The van der Waals surface area contributed by atoms with Crippen LogP contribution in [0.15, 0.2) is 122 Å². The summed E-state index contributed by atoms with van der Waals surface area (Å²) in [7, 11) is 1.27. The second kappa shape index (κ2) is 56.6. The number of rotatable bonds is 55. The van der Waals surface area contributed by atoms with Crippen molar-refractivity contribution in [1.82, 2.24) is 5.32 Å². The van der Waals surface area contributed by atoms with Crippen LogP contribution in [0.2, 0.25) is 0 Å². The van der Waals surface area contributed by atoms with Gasteiger partial charge in [0, 0.05) is 6.42 Å². The summed E-state index contributed by atoms with van der Waals surface area (Å²) < 4.78 is 23.4. The molecule has 3 unspecified atom stereocenters. The molecule has 0 bridgehead atoms. The predicted octanol–water partition coefficient (Wildman–Crippen LogP) is 18.7. The van der Waals surface area contributed by atoms with Gasteiger partial charge in [-0.15, -0.1) is 0 Å². The summed E-state index contributed by atoms with van der Waals surface area (Å²) in [6.07, 6.45) is 83.8. The van der Waals surface area contributed by atoms with Gasteiger partial charge in [-0.2, -0.15) is 0 Å². The third-order valence-electron chi connectivity index (χ3n) is 13.2. The molecule has 0 aliphatic rings. The Labute approximate surface area is 469 Å². The zero-order valence-corrected chi connectivity index (χ0v) is 50.6. The molecular formula is C67H117N2O6P. The molecule has 2 N–H and O–H groups in total. The smallest absolute Gasteiger partial charge is 0.268 e. The topological polar surface area (TPSA) is 108 Å². The first-order valence-corrected chi connectivity index (χ1v) is 32.3. The summed E-state index contributed by atoms with van der Waals surface area (Å²) in [6.45, 7) is 4.59. The van der Waals surface area contributed by atoms with E-state index in [9.17, 15) is 19.4 Å². The highest BCUT2D eigenvalue weighted by molar-refractivity contribution is 7.45. The van der Waals surface area contributed by atoms with E-state index in [1.54, 1.807) is 0 Å². The monoisotopic (exact) mass is 1080 g/mol. The minimum absolute atomic E-state index is 0.000655. The van der Waals surface area contributed by atoms with Gasteiger partial charge in [0.05, 0.1) is 39.9 Å². The number of carbonyl (C=O) groups is 1. The van der Waals surface area contributed by atoms with Crippen molar-refractivity contribution in [1.29, 1.82) is 0 Å². The number of carbonyl (C=O) groups excluding carboxylic acids is 1. The van der Waals surface area contributed by atoms with Crippen LogP contribution in [0.5, 0.6) is 0 Å². The Kier molecular flexibility index (Phi) is 54.3. The summed E-state index contributed by atoms with van der Waals surface area (Å²) in [5, 5.41) is 14.0. The fourth-order valence-electron chi connectivity index (χ4n) is 8.42. The van der Waals surface area contributed by atoms with Crippen LogP contribution in [0.1, 0.15) is 245 Å². The third-order valence-corrected chi connectivity index (χ3v) is 14.2. The van der Waals surface area contributed by atoms with Gasteiger partial charge in [0.25, 0.3) is 7.82 Å². The first-order chi connectivity index (χ1) is 37.0. The number of phosphoric ester groups is 1. The highest BCUT2D eigenvalue weighted by atomic mass is 31.2. The Morgan fingerprint density at radius 3 is 1.17 bits per heavy atom. The number of nitrogens with one attached hydrogen (secondary N) is 1.